The second-order valence-corrected chi connectivity index (χ2v) is 5.79. The first-order valence-electron chi connectivity index (χ1n) is 7.88. The number of rotatable bonds is 4. The zero-order valence-corrected chi connectivity index (χ0v) is 14.0. The quantitative estimate of drug-likeness (QED) is 0.630. The summed E-state index contributed by atoms with van der Waals surface area (Å²) in [5.41, 5.74) is 2.37. The van der Waals surface area contributed by atoms with Crippen molar-refractivity contribution in [3.8, 4) is 11.5 Å². The molecule has 1 heterocycles. The highest BCUT2D eigenvalue weighted by Crippen LogP contribution is 2.35. The van der Waals surface area contributed by atoms with Crippen LogP contribution in [0.3, 0.4) is 0 Å². The number of aryl methyl sites for hydroxylation is 1. The molecule has 3 rings (SSSR count). The SMILES string of the molecule is Cc1cccc(OCC(=O)N2CCOc3ccc([N+](=O)[O-])cc32)c1C. The Morgan fingerprint density at radius 3 is 2.88 bits per heavy atom. The van der Waals surface area contributed by atoms with Crippen LogP contribution in [0.25, 0.3) is 0 Å². The van der Waals surface area contributed by atoms with Crippen molar-refractivity contribution in [3.63, 3.8) is 0 Å². The summed E-state index contributed by atoms with van der Waals surface area (Å²) in [6.07, 6.45) is 0. The number of non-ortho nitro benzene ring substituents is 1. The Morgan fingerprint density at radius 1 is 1.32 bits per heavy atom. The van der Waals surface area contributed by atoms with Crippen LogP contribution in [0.2, 0.25) is 0 Å². The van der Waals surface area contributed by atoms with E-state index in [4.69, 9.17) is 9.47 Å². The summed E-state index contributed by atoms with van der Waals surface area (Å²) in [4.78, 5) is 24.5. The largest absolute Gasteiger partial charge is 0.490 e. The summed E-state index contributed by atoms with van der Waals surface area (Å²) in [6.45, 7) is 4.42. The van der Waals surface area contributed by atoms with Crippen molar-refractivity contribution in [2.75, 3.05) is 24.7 Å². The molecule has 0 bridgehead atoms. The van der Waals surface area contributed by atoms with Gasteiger partial charge < -0.3 is 14.4 Å². The third-order valence-corrected chi connectivity index (χ3v) is 4.22. The number of ether oxygens (including phenoxy) is 2. The number of hydrogen-bond acceptors (Lipinski definition) is 5. The zero-order valence-electron chi connectivity index (χ0n) is 14.0. The van der Waals surface area contributed by atoms with Crippen molar-refractivity contribution in [3.05, 3.63) is 57.6 Å². The fourth-order valence-electron chi connectivity index (χ4n) is 2.68. The van der Waals surface area contributed by atoms with Crippen molar-refractivity contribution in [2.24, 2.45) is 0 Å². The average molecular weight is 342 g/mol. The molecule has 0 aromatic heterocycles. The molecule has 2 aromatic carbocycles. The van der Waals surface area contributed by atoms with E-state index in [0.29, 0.717) is 30.3 Å². The van der Waals surface area contributed by atoms with Gasteiger partial charge in [0.05, 0.1) is 17.2 Å². The summed E-state index contributed by atoms with van der Waals surface area (Å²) in [5, 5.41) is 11.0. The van der Waals surface area contributed by atoms with Crippen LogP contribution in [0.1, 0.15) is 11.1 Å². The molecule has 0 atom stereocenters. The predicted molar refractivity (Wildman–Crippen MR) is 92.4 cm³/mol. The Kier molecular flexibility index (Phi) is 4.56. The van der Waals surface area contributed by atoms with Crippen LogP contribution >= 0.6 is 0 Å². The van der Waals surface area contributed by atoms with E-state index in [-0.39, 0.29) is 18.2 Å². The average Bonchev–Trinajstić information content (AvgIpc) is 2.61. The summed E-state index contributed by atoms with van der Waals surface area (Å²) < 4.78 is 11.1. The molecule has 1 aliphatic heterocycles. The van der Waals surface area contributed by atoms with E-state index in [1.54, 1.807) is 0 Å². The van der Waals surface area contributed by atoms with E-state index in [0.717, 1.165) is 11.1 Å². The molecule has 7 nitrogen and oxygen atoms in total. The number of nitrogens with zero attached hydrogens (tertiary/aromatic N) is 2. The van der Waals surface area contributed by atoms with Gasteiger partial charge in [-0.1, -0.05) is 12.1 Å². The normalized spacial score (nSPS) is 13.0. The molecule has 25 heavy (non-hydrogen) atoms. The van der Waals surface area contributed by atoms with Gasteiger partial charge in [-0.3, -0.25) is 14.9 Å². The first-order valence-corrected chi connectivity index (χ1v) is 7.88. The molecule has 0 saturated carbocycles. The summed E-state index contributed by atoms with van der Waals surface area (Å²) >= 11 is 0. The highest BCUT2D eigenvalue weighted by molar-refractivity contribution is 5.96. The number of carbonyl (C=O) groups is 1. The number of nitro groups is 1. The van der Waals surface area contributed by atoms with Crippen molar-refractivity contribution in [2.45, 2.75) is 13.8 Å². The van der Waals surface area contributed by atoms with Crippen LogP contribution in [0.4, 0.5) is 11.4 Å². The number of amides is 1. The molecule has 1 amide bonds. The number of fused-ring (bicyclic) bond motifs is 1. The molecule has 1 aliphatic rings. The maximum absolute atomic E-state index is 12.6. The van der Waals surface area contributed by atoms with Crippen LogP contribution in [0, 0.1) is 24.0 Å². The zero-order chi connectivity index (χ0) is 18.0. The number of carbonyl (C=O) groups excluding carboxylic acids is 1. The maximum atomic E-state index is 12.6. The molecule has 0 unspecified atom stereocenters. The van der Waals surface area contributed by atoms with Crippen LogP contribution in [-0.2, 0) is 4.79 Å². The summed E-state index contributed by atoms with van der Waals surface area (Å²) in [7, 11) is 0. The fourth-order valence-corrected chi connectivity index (χ4v) is 2.68. The second kappa shape index (κ2) is 6.80. The third-order valence-electron chi connectivity index (χ3n) is 4.22. The van der Waals surface area contributed by atoms with E-state index in [9.17, 15) is 14.9 Å². The van der Waals surface area contributed by atoms with Gasteiger partial charge in [-0.2, -0.15) is 0 Å². The molecule has 0 aliphatic carbocycles. The van der Waals surface area contributed by atoms with E-state index < -0.39 is 4.92 Å². The number of hydrogen-bond donors (Lipinski definition) is 0. The topological polar surface area (TPSA) is 81.9 Å². The molecule has 2 aromatic rings. The highest BCUT2D eigenvalue weighted by Gasteiger charge is 2.26. The van der Waals surface area contributed by atoms with Crippen molar-refractivity contribution >= 4 is 17.3 Å². The van der Waals surface area contributed by atoms with Gasteiger partial charge in [0.1, 0.15) is 18.1 Å². The monoisotopic (exact) mass is 342 g/mol. The lowest BCUT2D eigenvalue weighted by molar-refractivity contribution is -0.384. The van der Waals surface area contributed by atoms with Gasteiger partial charge in [-0.05, 0) is 37.1 Å². The predicted octanol–water partition coefficient (Wildman–Crippen LogP) is 3.02. The molecule has 7 heteroatoms. The van der Waals surface area contributed by atoms with Gasteiger partial charge in [0.15, 0.2) is 6.61 Å². The first-order chi connectivity index (χ1) is 12.0. The van der Waals surface area contributed by atoms with Crippen LogP contribution in [0.15, 0.2) is 36.4 Å². The van der Waals surface area contributed by atoms with Gasteiger partial charge in [0.25, 0.3) is 11.6 Å². The fraction of sp³-hybridized carbons (Fsp3) is 0.278. The van der Waals surface area contributed by atoms with Gasteiger partial charge in [-0.15, -0.1) is 0 Å². The third kappa shape index (κ3) is 3.40. The molecule has 0 N–H and O–H groups in total. The Bertz CT molecular complexity index is 834. The summed E-state index contributed by atoms with van der Waals surface area (Å²) in [6, 6.07) is 9.88. The van der Waals surface area contributed by atoms with Crippen LogP contribution in [0.5, 0.6) is 11.5 Å². The minimum atomic E-state index is -0.496. The van der Waals surface area contributed by atoms with E-state index >= 15 is 0 Å². The molecular weight excluding hydrogens is 324 g/mol. The van der Waals surface area contributed by atoms with Crippen molar-refractivity contribution < 1.29 is 19.2 Å². The number of anilines is 1. The number of benzene rings is 2. The lowest BCUT2D eigenvalue weighted by Crippen LogP contribution is -2.40. The van der Waals surface area contributed by atoms with Gasteiger partial charge in [-0.25, -0.2) is 0 Å². The van der Waals surface area contributed by atoms with E-state index in [2.05, 4.69) is 0 Å². The Hall–Kier alpha value is -3.09. The second-order valence-electron chi connectivity index (χ2n) is 5.79. The van der Waals surface area contributed by atoms with Crippen molar-refractivity contribution in [1.82, 2.24) is 0 Å². The molecule has 0 fully saturated rings. The first kappa shape index (κ1) is 16.8. The minimum Gasteiger partial charge on any atom is -0.490 e. The molecular formula is C18H18N2O5. The van der Waals surface area contributed by atoms with Gasteiger partial charge in [0, 0.05) is 12.1 Å². The smallest absolute Gasteiger partial charge is 0.271 e. The van der Waals surface area contributed by atoms with Gasteiger partial charge in [0.2, 0.25) is 0 Å². The Balaban J connectivity index is 1.78. The molecule has 0 radical (unpaired) electrons. The van der Waals surface area contributed by atoms with Crippen molar-refractivity contribution in [1.29, 1.82) is 0 Å². The summed E-state index contributed by atoms with van der Waals surface area (Å²) in [5.74, 6) is 0.837. The molecule has 130 valence electrons. The van der Waals surface area contributed by atoms with Gasteiger partial charge >= 0.3 is 0 Å². The Morgan fingerprint density at radius 2 is 2.12 bits per heavy atom. The minimum absolute atomic E-state index is 0.0857. The standard InChI is InChI=1S/C18H18N2O5/c1-12-4-3-5-16(13(12)2)25-11-18(21)19-8-9-24-17-7-6-14(20(22)23)10-15(17)19/h3-7,10H,8-9,11H2,1-2H3. The molecule has 0 spiro atoms. The van der Waals surface area contributed by atoms with E-state index in [1.165, 1.54) is 23.1 Å². The Labute approximate surface area is 144 Å². The van der Waals surface area contributed by atoms with E-state index in [1.807, 2.05) is 32.0 Å². The lowest BCUT2D eigenvalue weighted by atomic mass is 10.1. The lowest BCUT2D eigenvalue weighted by Gasteiger charge is -2.29. The van der Waals surface area contributed by atoms with Crippen LogP contribution in [-0.4, -0.2) is 30.6 Å². The van der Waals surface area contributed by atoms with Crippen LogP contribution < -0.4 is 14.4 Å². The number of nitro benzene ring substituents is 1. The molecule has 0 saturated heterocycles. The maximum Gasteiger partial charge on any atom is 0.271 e. The highest BCUT2D eigenvalue weighted by atomic mass is 16.6.